The van der Waals surface area contributed by atoms with Gasteiger partial charge in [-0.15, -0.1) is 0 Å². The maximum absolute atomic E-state index is 12.5. The Labute approximate surface area is 171 Å². The van der Waals surface area contributed by atoms with Gasteiger partial charge in [0.15, 0.2) is 5.75 Å². The number of amides is 1. The number of ether oxygens (including phenoxy) is 1. The third-order valence-corrected chi connectivity index (χ3v) is 4.58. The Morgan fingerprint density at radius 3 is 2.52 bits per heavy atom. The number of aromatic nitrogens is 2. The lowest BCUT2D eigenvalue weighted by molar-refractivity contribution is 0.102. The fourth-order valence-corrected chi connectivity index (χ4v) is 3.47. The van der Waals surface area contributed by atoms with Crippen LogP contribution < -0.4 is 10.1 Å². The summed E-state index contributed by atoms with van der Waals surface area (Å²) in [5.41, 5.74) is 2.72. The molecule has 0 saturated carbocycles. The second kappa shape index (κ2) is 8.21. The maximum Gasteiger partial charge on any atom is 0.255 e. The van der Waals surface area contributed by atoms with Gasteiger partial charge < -0.3 is 10.1 Å². The standard InChI is InChI=1S/C19H16Cl3N3O2/c1-11-17(9-25(2)24-11)23-19(26)13-5-3-4-12(6-13)10-27-18-15(21)7-14(20)8-16(18)22/h3-9H,10H2,1-2H3,(H,23,26). The molecule has 1 aromatic heterocycles. The summed E-state index contributed by atoms with van der Waals surface area (Å²) in [6.07, 6.45) is 1.75. The summed E-state index contributed by atoms with van der Waals surface area (Å²) in [4.78, 5) is 12.5. The molecule has 2 aromatic carbocycles. The van der Waals surface area contributed by atoms with E-state index in [1.807, 2.05) is 13.0 Å². The topological polar surface area (TPSA) is 56.2 Å². The lowest BCUT2D eigenvalue weighted by Crippen LogP contribution is -2.12. The first-order chi connectivity index (χ1) is 12.8. The van der Waals surface area contributed by atoms with E-state index >= 15 is 0 Å². The molecule has 0 aliphatic rings. The van der Waals surface area contributed by atoms with Crippen LogP contribution in [-0.4, -0.2) is 15.7 Å². The number of nitrogens with zero attached hydrogens (tertiary/aromatic N) is 2. The van der Waals surface area contributed by atoms with Crippen LogP contribution in [0.15, 0.2) is 42.6 Å². The highest BCUT2D eigenvalue weighted by Crippen LogP contribution is 2.36. The molecule has 0 fully saturated rings. The molecule has 1 N–H and O–H groups in total. The van der Waals surface area contributed by atoms with Gasteiger partial charge in [-0.1, -0.05) is 46.9 Å². The van der Waals surface area contributed by atoms with Gasteiger partial charge in [0.05, 0.1) is 21.4 Å². The van der Waals surface area contributed by atoms with Gasteiger partial charge >= 0.3 is 0 Å². The number of hydrogen-bond acceptors (Lipinski definition) is 3. The van der Waals surface area contributed by atoms with E-state index in [4.69, 9.17) is 39.5 Å². The van der Waals surface area contributed by atoms with Crippen molar-refractivity contribution in [3.8, 4) is 5.75 Å². The van der Waals surface area contributed by atoms with E-state index in [-0.39, 0.29) is 12.5 Å². The van der Waals surface area contributed by atoms with E-state index in [0.717, 1.165) is 11.3 Å². The van der Waals surface area contributed by atoms with Crippen LogP contribution in [0.4, 0.5) is 5.69 Å². The summed E-state index contributed by atoms with van der Waals surface area (Å²) >= 11 is 18.1. The fraction of sp³-hybridized carbons (Fsp3) is 0.158. The molecular weight excluding hydrogens is 409 g/mol. The van der Waals surface area contributed by atoms with E-state index in [1.165, 1.54) is 0 Å². The smallest absolute Gasteiger partial charge is 0.255 e. The quantitative estimate of drug-likeness (QED) is 0.586. The molecule has 0 aliphatic heterocycles. The van der Waals surface area contributed by atoms with Crippen molar-refractivity contribution in [3.05, 3.63) is 74.5 Å². The zero-order valence-corrected chi connectivity index (χ0v) is 16.9. The van der Waals surface area contributed by atoms with Crippen LogP contribution in [0.5, 0.6) is 5.75 Å². The molecule has 0 atom stereocenters. The van der Waals surface area contributed by atoms with Crippen molar-refractivity contribution in [1.82, 2.24) is 9.78 Å². The first-order valence-corrected chi connectivity index (χ1v) is 9.15. The summed E-state index contributed by atoms with van der Waals surface area (Å²) in [6, 6.07) is 10.2. The number of anilines is 1. The van der Waals surface area contributed by atoms with Crippen molar-refractivity contribution in [2.24, 2.45) is 7.05 Å². The second-order valence-electron chi connectivity index (χ2n) is 5.94. The van der Waals surface area contributed by atoms with Gasteiger partial charge in [-0.3, -0.25) is 9.48 Å². The Morgan fingerprint density at radius 1 is 1.19 bits per heavy atom. The first kappa shape index (κ1) is 19.5. The Kier molecular flexibility index (Phi) is 5.95. The molecule has 3 aromatic rings. The van der Waals surface area contributed by atoms with Gasteiger partial charge in [0.2, 0.25) is 0 Å². The molecule has 0 bridgehead atoms. The molecule has 0 spiro atoms. The Morgan fingerprint density at radius 2 is 1.89 bits per heavy atom. The lowest BCUT2D eigenvalue weighted by atomic mass is 10.1. The van der Waals surface area contributed by atoms with Crippen LogP contribution >= 0.6 is 34.8 Å². The summed E-state index contributed by atoms with van der Waals surface area (Å²) < 4.78 is 7.36. The van der Waals surface area contributed by atoms with Crippen LogP contribution in [0.3, 0.4) is 0 Å². The highest BCUT2D eigenvalue weighted by Gasteiger charge is 2.12. The lowest BCUT2D eigenvalue weighted by Gasteiger charge is -2.11. The van der Waals surface area contributed by atoms with Crippen molar-refractivity contribution in [2.45, 2.75) is 13.5 Å². The molecule has 140 valence electrons. The largest absolute Gasteiger partial charge is 0.486 e. The first-order valence-electron chi connectivity index (χ1n) is 8.01. The molecule has 27 heavy (non-hydrogen) atoms. The number of halogens is 3. The van der Waals surface area contributed by atoms with Gasteiger partial charge in [0, 0.05) is 23.8 Å². The SMILES string of the molecule is Cc1nn(C)cc1NC(=O)c1cccc(COc2c(Cl)cc(Cl)cc2Cl)c1. The Balaban J connectivity index is 1.72. The molecule has 1 amide bonds. The number of carbonyl (C=O) groups excluding carboxylic acids is 1. The van der Waals surface area contributed by atoms with E-state index in [0.29, 0.717) is 32.1 Å². The fourth-order valence-electron chi connectivity index (χ4n) is 2.54. The van der Waals surface area contributed by atoms with E-state index < -0.39 is 0 Å². The van der Waals surface area contributed by atoms with Gasteiger partial charge in [0.1, 0.15) is 6.61 Å². The minimum absolute atomic E-state index is 0.202. The number of nitrogens with one attached hydrogen (secondary N) is 1. The molecule has 1 heterocycles. The molecule has 0 unspecified atom stereocenters. The van der Waals surface area contributed by atoms with Crippen LogP contribution in [-0.2, 0) is 13.7 Å². The number of aryl methyl sites for hydroxylation is 2. The molecular formula is C19H16Cl3N3O2. The zero-order valence-electron chi connectivity index (χ0n) is 14.6. The Hall–Kier alpha value is -2.21. The van der Waals surface area contributed by atoms with Crippen LogP contribution in [0.25, 0.3) is 0 Å². The minimum Gasteiger partial charge on any atom is -0.486 e. The second-order valence-corrected chi connectivity index (χ2v) is 7.19. The normalized spacial score (nSPS) is 10.7. The number of carbonyl (C=O) groups is 1. The number of rotatable bonds is 5. The van der Waals surface area contributed by atoms with Crippen LogP contribution in [0, 0.1) is 6.92 Å². The summed E-state index contributed by atoms with van der Waals surface area (Å²) in [6.45, 7) is 2.04. The molecule has 0 radical (unpaired) electrons. The van der Waals surface area contributed by atoms with Crippen molar-refractivity contribution in [3.63, 3.8) is 0 Å². The average Bonchev–Trinajstić information content (AvgIpc) is 2.91. The van der Waals surface area contributed by atoms with Gasteiger partial charge in [-0.05, 0) is 36.8 Å². The van der Waals surface area contributed by atoms with Crippen molar-refractivity contribution in [1.29, 1.82) is 0 Å². The van der Waals surface area contributed by atoms with Gasteiger partial charge in [0.25, 0.3) is 5.91 Å². The zero-order chi connectivity index (χ0) is 19.6. The molecule has 5 nitrogen and oxygen atoms in total. The maximum atomic E-state index is 12.5. The van der Waals surface area contributed by atoms with Gasteiger partial charge in [-0.2, -0.15) is 5.10 Å². The average molecular weight is 425 g/mol. The number of hydrogen-bond donors (Lipinski definition) is 1. The summed E-state index contributed by atoms with van der Waals surface area (Å²) in [7, 11) is 1.80. The van der Waals surface area contributed by atoms with E-state index in [9.17, 15) is 4.79 Å². The minimum atomic E-state index is -0.226. The van der Waals surface area contributed by atoms with Crippen molar-refractivity contribution >= 4 is 46.4 Å². The third-order valence-electron chi connectivity index (χ3n) is 3.80. The highest BCUT2D eigenvalue weighted by molar-refractivity contribution is 6.40. The van der Waals surface area contributed by atoms with Crippen molar-refractivity contribution < 1.29 is 9.53 Å². The van der Waals surface area contributed by atoms with Crippen LogP contribution in [0.1, 0.15) is 21.6 Å². The predicted octanol–water partition coefficient (Wildman–Crippen LogP) is 5.52. The molecule has 3 rings (SSSR count). The van der Waals surface area contributed by atoms with Crippen molar-refractivity contribution in [2.75, 3.05) is 5.32 Å². The summed E-state index contributed by atoms with van der Waals surface area (Å²) in [5.74, 6) is 0.124. The monoisotopic (exact) mass is 423 g/mol. The Bertz CT molecular complexity index is 979. The highest BCUT2D eigenvalue weighted by atomic mass is 35.5. The molecule has 8 heteroatoms. The van der Waals surface area contributed by atoms with Gasteiger partial charge in [-0.25, -0.2) is 0 Å². The molecule has 0 aliphatic carbocycles. The number of benzene rings is 2. The third kappa shape index (κ3) is 4.75. The summed E-state index contributed by atoms with van der Waals surface area (Å²) in [5, 5.41) is 8.15. The van der Waals surface area contributed by atoms with E-state index in [1.54, 1.807) is 48.3 Å². The van der Waals surface area contributed by atoms with E-state index in [2.05, 4.69) is 10.4 Å². The van der Waals surface area contributed by atoms with Crippen LogP contribution in [0.2, 0.25) is 15.1 Å². The predicted molar refractivity (Wildman–Crippen MR) is 108 cm³/mol. The molecule has 0 saturated heterocycles.